The second kappa shape index (κ2) is 9.10. The van der Waals surface area contributed by atoms with Gasteiger partial charge in [0.05, 0.1) is 13.2 Å². The van der Waals surface area contributed by atoms with Crippen molar-refractivity contribution in [1.82, 2.24) is 0 Å². The van der Waals surface area contributed by atoms with Gasteiger partial charge in [0.15, 0.2) is 0 Å². The molecule has 1 N–H and O–H groups in total. The lowest BCUT2D eigenvalue weighted by atomic mass is 9.97. The molecule has 0 radical (unpaired) electrons. The Labute approximate surface area is 194 Å². The second-order valence-corrected chi connectivity index (χ2v) is 8.29. The molecule has 0 spiro atoms. The van der Waals surface area contributed by atoms with Crippen LogP contribution in [0.2, 0.25) is 0 Å². The summed E-state index contributed by atoms with van der Waals surface area (Å²) in [5, 5.41) is 9.63. The van der Waals surface area contributed by atoms with Crippen LogP contribution in [-0.2, 0) is 21.7 Å². The number of hydrogen-bond acceptors (Lipinski definition) is 4. The Balaban J connectivity index is 1.29. The summed E-state index contributed by atoms with van der Waals surface area (Å²) in [7, 11) is 0. The van der Waals surface area contributed by atoms with E-state index in [1.165, 1.54) is 16.7 Å². The molecule has 5 rings (SSSR count). The molecule has 0 saturated carbocycles. The SMILES string of the molecule is Cc1ccc(Cc2ccc(Oc3ccc(C4(c5ccc(O)cc5)OCCO4)cc3)cc2)cc1. The van der Waals surface area contributed by atoms with Gasteiger partial charge in [0.1, 0.15) is 17.2 Å². The molecule has 1 fully saturated rings. The van der Waals surface area contributed by atoms with Crippen molar-refractivity contribution >= 4 is 0 Å². The number of aryl methyl sites for hydroxylation is 1. The Hall–Kier alpha value is -3.60. The molecule has 0 amide bonds. The monoisotopic (exact) mass is 438 g/mol. The fourth-order valence-electron chi connectivity index (χ4n) is 4.09. The second-order valence-electron chi connectivity index (χ2n) is 8.29. The van der Waals surface area contributed by atoms with Gasteiger partial charge < -0.3 is 19.3 Å². The van der Waals surface area contributed by atoms with Crippen LogP contribution in [0.3, 0.4) is 0 Å². The minimum Gasteiger partial charge on any atom is -0.508 e. The number of hydrogen-bond donors (Lipinski definition) is 1. The maximum Gasteiger partial charge on any atom is 0.222 e. The first-order valence-electron chi connectivity index (χ1n) is 11.1. The largest absolute Gasteiger partial charge is 0.508 e. The first kappa shape index (κ1) is 21.3. The van der Waals surface area contributed by atoms with Crippen LogP contribution in [0.4, 0.5) is 0 Å². The lowest BCUT2D eigenvalue weighted by molar-refractivity contribution is -0.129. The van der Waals surface area contributed by atoms with Gasteiger partial charge in [-0.25, -0.2) is 0 Å². The first-order chi connectivity index (χ1) is 16.1. The van der Waals surface area contributed by atoms with Crippen LogP contribution in [-0.4, -0.2) is 18.3 Å². The lowest BCUT2D eigenvalue weighted by Crippen LogP contribution is -2.28. The summed E-state index contributed by atoms with van der Waals surface area (Å²) in [6.07, 6.45) is 0.897. The minimum atomic E-state index is -0.968. The van der Waals surface area contributed by atoms with Gasteiger partial charge in [-0.05, 0) is 85.1 Å². The Morgan fingerprint density at radius 3 is 1.67 bits per heavy atom. The molecule has 0 atom stereocenters. The fourth-order valence-corrected chi connectivity index (χ4v) is 4.09. The fraction of sp³-hybridized carbons (Fsp3) is 0.172. The zero-order chi connectivity index (χ0) is 22.7. The highest BCUT2D eigenvalue weighted by atomic mass is 16.7. The molecule has 1 aliphatic rings. The molecule has 1 heterocycles. The average Bonchev–Trinajstić information content (AvgIpc) is 3.34. The average molecular weight is 439 g/mol. The van der Waals surface area contributed by atoms with E-state index in [1.807, 2.05) is 48.5 Å². The highest BCUT2D eigenvalue weighted by Crippen LogP contribution is 2.39. The Bertz CT molecular complexity index is 1190. The van der Waals surface area contributed by atoms with E-state index in [0.717, 1.165) is 29.0 Å². The van der Waals surface area contributed by atoms with Crippen molar-refractivity contribution in [2.75, 3.05) is 13.2 Å². The number of rotatable bonds is 6. The van der Waals surface area contributed by atoms with Gasteiger partial charge >= 0.3 is 0 Å². The van der Waals surface area contributed by atoms with Crippen LogP contribution in [0.25, 0.3) is 0 Å². The molecule has 0 unspecified atom stereocenters. The van der Waals surface area contributed by atoms with Crippen molar-refractivity contribution in [3.05, 3.63) is 125 Å². The highest BCUT2D eigenvalue weighted by molar-refractivity contribution is 5.41. The first-order valence-corrected chi connectivity index (χ1v) is 11.1. The molecule has 4 nitrogen and oxygen atoms in total. The molecule has 33 heavy (non-hydrogen) atoms. The van der Waals surface area contributed by atoms with Crippen molar-refractivity contribution < 1.29 is 19.3 Å². The van der Waals surface area contributed by atoms with E-state index < -0.39 is 5.79 Å². The summed E-state index contributed by atoms with van der Waals surface area (Å²) in [6.45, 7) is 3.12. The molecule has 1 saturated heterocycles. The summed E-state index contributed by atoms with van der Waals surface area (Å²) in [5.74, 6) is 0.769. The number of phenolic OH excluding ortho intramolecular Hbond substituents is 1. The van der Waals surface area contributed by atoms with Crippen molar-refractivity contribution in [1.29, 1.82) is 0 Å². The molecule has 4 aromatic carbocycles. The molecule has 4 aromatic rings. The van der Waals surface area contributed by atoms with Gasteiger partial charge in [-0.3, -0.25) is 0 Å². The molecule has 0 aliphatic carbocycles. The van der Waals surface area contributed by atoms with E-state index in [0.29, 0.717) is 13.2 Å². The maximum absolute atomic E-state index is 9.63. The van der Waals surface area contributed by atoms with Crippen LogP contribution in [0.5, 0.6) is 17.2 Å². The summed E-state index contributed by atoms with van der Waals surface area (Å²) < 4.78 is 18.1. The zero-order valence-corrected chi connectivity index (χ0v) is 18.5. The quantitative estimate of drug-likeness (QED) is 0.382. The van der Waals surface area contributed by atoms with Gasteiger partial charge in [0, 0.05) is 11.1 Å². The Morgan fingerprint density at radius 1 is 0.667 bits per heavy atom. The van der Waals surface area contributed by atoms with Crippen molar-refractivity contribution in [2.45, 2.75) is 19.1 Å². The predicted octanol–water partition coefficient (Wildman–Crippen LogP) is 6.33. The van der Waals surface area contributed by atoms with Crippen molar-refractivity contribution in [3.8, 4) is 17.2 Å². The van der Waals surface area contributed by atoms with Crippen LogP contribution < -0.4 is 4.74 Å². The summed E-state index contributed by atoms with van der Waals surface area (Å²) in [5.41, 5.74) is 5.53. The van der Waals surface area contributed by atoms with Crippen molar-refractivity contribution in [2.24, 2.45) is 0 Å². The summed E-state index contributed by atoms with van der Waals surface area (Å²) in [4.78, 5) is 0. The Morgan fingerprint density at radius 2 is 1.12 bits per heavy atom. The smallest absolute Gasteiger partial charge is 0.222 e. The van der Waals surface area contributed by atoms with Gasteiger partial charge in [-0.15, -0.1) is 0 Å². The maximum atomic E-state index is 9.63. The molecule has 4 heteroatoms. The van der Waals surface area contributed by atoms with E-state index in [4.69, 9.17) is 14.2 Å². The van der Waals surface area contributed by atoms with Gasteiger partial charge in [-0.2, -0.15) is 0 Å². The molecule has 0 aromatic heterocycles. The molecule has 166 valence electrons. The number of aromatic hydroxyl groups is 1. The van der Waals surface area contributed by atoms with Crippen LogP contribution in [0, 0.1) is 6.92 Å². The Kier molecular flexibility index (Phi) is 5.86. The third-order valence-corrected chi connectivity index (χ3v) is 5.86. The molecule has 1 aliphatic heterocycles. The standard InChI is InChI=1S/C29H26O4/c1-21-2-4-22(5-3-21)20-23-6-14-27(15-7-23)33-28-16-10-25(11-17-28)29(31-18-19-32-29)24-8-12-26(30)13-9-24/h2-17,30H,18-20H2,1H3. The van der Waals surface area contributed by atoms with Gasteiger partial charge in [0.2, 0.25) is 5.79 Å². The van der Waals surface area contributed by atoms with Crippen molar-refractivity contribution in [3.63, 3.8) is 0 Å². The minimum absolute atomic E-state index is 0.209. The highest BCUT2D eigenvalue weighted by Gasteiger charge is 2.40. The third kappa shape index (κ3) is 4.63. The normalized spacial score (nSPS) is 14.8. The van der Waals surface area contributed by atoms with Crippen LogP contribution in [0.15, 0.2) is 97.1 Å². The lowest BCUT2D eigenvalue weighted by Gasteiger charge is -2.28. The number of ether oxygens (including phenoxy) is 3. The zero-order valence-electron chi connectivity index (χ0n) is 18.5. The summed E-state index contributed by atoms with van der Waals surface area (Å²) in [6, 6.07) is 31.5. The van der Waals surface area contributed by atoms with E-state index in [2.05, 4.69) is 43.3 Å². The van der Waals surface area contributed by atoms with Gasteiger partial charge in [0.25, 0.3) is 0 Å². The summed E-state index contributed by atoms with van der Waals surface area (Å²) >= 11 is 0. The van der Waals surface area contributed by atoms with E-state index in [-0.39, 0.29) is 5.75 Å². The molecular weight excluding hydrogens is 412 g/mol. The van der Waals surface area contributed by atoms with Crippen LogP contribution in [0.1, 0.15) is 27.8 Å². The number of phenols is 1. The topological polar surface area (TPSA) is 47.9 Å². The molecular formula is C29H26O4. The molecule has 0 bridgehead atoms. The van der Waals surface area contributed by atoms with Gasteiger partial charge in [-0.1, -0.05) is 42.0 Å². The van der Waals surface area contributed by atoms with E-state index >= 15 is 0 Å². The third-order valence-electron chi connectivity index (χ3n) is 5.86. The van der Waals surface area contributed by atoms with E-state index in [9.17, 15) is 5.11 Å². The number of benzene rings is 4. The van der Waals surface area contributed by atoms with E-state index in [1.54, 1.807) is 12.1 Å². The van der Waals surface area contributed by atoms with Crippen LogP contribution >= 0.6 is 0 Å². The predicted molar refractivity (Wildman–Crippen MR) is 128 cm³/mol.